The van der Waals surface area contributed by atoms with Gasteiger partial charge in [-0.25, -0.2) is 9.97 Å². The molecule has 0 saturated heterocycles. The van der Waals surface area contributed by atoms with E-state index >= 15 is 0 Å². The first-order valence-electron chi connectivity index (χ1n) is 9.40. The summed E-state index contributed by atoms with van der Waals surface area (Å²) in [6.07, 6.45) is 4.30. The fraction of sp³-hybridized carbons (Fsp3) is 0.250. The average molecular weight is 423 g/mol. The number of rotatable bonds is 3. The van der Waals surface area contributed by atoms with E-state index in [0.29, 0.717) is 36.1 Å². The fourth-order valence-corrected chi connectivity index (χ4v) is 4.38. The van der Waals surface area contributed by atoms with Crippen molar-refractivity contribution in [2.75, 3.05) is 18.5 Å². The molecule has 1 aromatic carbocycles. The van der Waals surface area contributed by atoms with Gasteiger partial charge in [-0.1, -0.05) is 23.5 Å². The van der Waals surface area contributed by atoms with Crippen molar-refractivity contribution >= 4 is 28.3 Å². The molecule has 3 aromatic rings. The highest BCUT2D eigenvalue weighted by Gasteiger charge is 2.33. The van der Waals surface area contributed by atoms with Crippen LogP contribution in [-0.4, -0.2) is 50.9 Å². The molecule has 10 heteroatoms. The Morgan fingerprint density at radius 3 is 2.90 bits per heavy atom. The van der Waals surface area contributed by atoms with Gasteiger partial charge in [-0.05, 0) is 12.1 Å². The maximum Gasteiger partial charge on any atom is 0.277 e. The highest BCUT2D eigenvalue weighted by Crippen LogP contribution is 2.33. The van der Waals surface area contributed by atoms with E-state index in [-0.39, 0.29) is 24.1 Å². The van der Waals surface area contributed by atoms with E-state index in [1.54, 1.807) is 11.0 Å². The van der Waals surface area contributed by atoms with Gasteiger partial charge < -0.3 is 14.4 Å². The van der Waals surface area contributed by atoms with Gasteiger partial charge in [0.2, 0.25) is 6.10 Å². The molecule has 1 atom stereocenters. The number of amides is 2. The Labute approximate surface area is 175 Å². The van der Waals surface area contributed by atoms with Gasteiger partial charge in [-0.2, -0.15) is 0 Å². The highest BCUT2D eigenvalue weighted by molar-refractivity contribution is 7.15. The molecule has 1 unspecified atom stereocenters. The third-order valence-electron chi connectivity index (χ3n) is 4.84. The molecule has 0 bridgehead atoms. The molecule has 2 aliphatic heterocycles. The van der Waals surface area contributed by atoms with Crippen LogP contribution in [0.3, 0.4) is 0 Å². The SMILES string of the molecule is O=C(Nc1nc2c(s1)CN(C(=O)C1COc3ccccc3O1)CC2)c1cnccn1. The summed E-state index contributed by atoms with van der Waals surface area (Å²) < 4.78 is 11.5. The first-order valence-corrected chi connectivity index (χ1v) is 10.2. The van der Waals surface area contributed by atoms with Crippen molar-refractivity contribution in [3.05, 3.63) is 59.1 Å². The number of nitrogens with zero attached hydrogens (tertiary/aromatic N) is 4. The lowest BCUT2D eigenvalue weighted by molar-refractivity contribution is -0.142. The van der Waals surface area contributed by atoms with Crippen molar-refractivity contribution in [2.45, 2.75) is 19.1 Å². The first-order chi connectivity index (χ1) is 14.7. The quantitative estimate of drug-likeness (QED) is 0.686. The Balaban J connectivity index is 1.25. The number of fused-ring (bicyclic) bond motifs is 2. The summed E-state index contributed by atoms with van der Waals surface area (Å²) in [6.45, 7) is 1.14. The van der Waals surface area contributed by atoms with E-state index in [9.17, 15) is 9.59 Å². The van der Waals surface area contributed by atoms with Crippen LogP contribution < -0.4 is 14.8 Å². The topological polar surface area (TPSA) is 107 Å². The third-order valence-corrected chi connectivity index (χ3v) is 5.84. The Morgan fingerprint density at radius 1 is 1.20 bits per heavy atom. The largest absolute Gasteiger partial charge is 0.485 e. The first kappa shape index (κ1) is 18.5. The minimum Gasteiger partial charge on any atom is -0.485 e. The van der Waals surface area contributed by atoms with Crippen LogP contribution >= 0.6 is 11.3 Å². The fourth-order valence-electron chi connectivity index (χ4n) is 3.36. The Hall–Kier alpha value is -3.53. The second-order valence-corrected chi connectivity index (χ2v) is 7.89. The van der Waals surface area contributed by atoms with Gasteiger partial charge in [-0.3, -0.25) is 19.9 Å². The molecule has 0 saturated carbocycles. The number of hydrogen-bond donors (Lipinski definition) is 1. The summed E-state index contributed by atoms with van der Waals surface area (Å²) in [7, 11) is 0. The molecule has 4 heterocycles. The van der Waals surface area contributed by atoms with Gasteiger partial charge in [0.25, 0.3) is 11.8 Å². The third kappa shape index (κ3) is 3.57. The van der Waals surface area contributed by atoms with E-state index in [0.717, 1.165) is 10.6 Å². The maximum atomic E-state index is 13.0. The molecule has 5 rings (SSSR count). The zero-order valence-electron chi connectivity index (χ0n) is 15.8. The number of thiazole rings is 1. The summed E-state index contributed by atoms with van der Waals surface area (Å²) in [5.41, 5.74) is 1.11. The molecule has 9 nitrogen and oxygen atoms in total. The summed E-state index contributed by atoms with van der Waals surface area (Å²) in [4.78, 5) is 40.3. The van der Waals surface area contributed by atoms with Crippen molar-refractivity contribution in [1.82, 2.24) is 19.9 Å². The van der Waals surface area contributed by atoms with E-state index < -0.39 is 6.10 Å². The summed E-state index contributed by atoms with van der Waals surface area (Å²) >= 11 is 1.36. The van der Waals surface area contributed by atoms with Crippen LogP contribution in [0.15, 0.2) is 42.9 Å². The molecule has 0 aliphatic carbocycles. The minimum absolute atomic E-state index is 0.117. The van der Waals surface area contributed by atoms with Crippen LogP contribution in [0.5, 0.6) is 11.5 Å². The van der Waals surface area contributed by atoms with E-state index in [1.807, 2.05) is 18.2 Å². The zero-order valence-corrected chi connectivity index (χ0v) is 16.6. The second-order valence-electron chi connectivity index (χ2n) is 6.81. The van der Waals surface area contributed by atoms with E-state index in [2.05, 4.69) is 20.3 Å². The van der Waals surface area contributed by atoms with Crippen LogP contribution in [0.25, 0.3) is 0 Å². The standard InChI is InChI=1S/C20H17N5O4S/c26-18(13-9-21-6-7-22-13)24-20-23-12-5-8-25(10-17(12)30-20)19(27)16-11-28-14-3-1-2-4-15(14)29-16/h1-4,6-7,9,16H,5,8,10-11H2,(H,23,24,26). The Morgan fingerprint density at radius 2 is 2.07 bits per heavy atom. The predicted octanol–water partition coefficient (Wildman–Crippen LogP) is 1.91. The smallest absolute Gasteiger partial charge is 0.277 e. The van der Waals surface area contributed by atoms with Crippen LogP contribution in [0, 0.1) is 0 Å². The Kier molecular flexibility index (Phi) is 4.75. The lowest BCUT2D eigenvalue weighted by Gasteiger charge is -2.32. The van der Waals surface area contributed by atoms with Crippen molar-refractivity contribution < 1.29 is 19.1 Å². The normalized spacial score (nSPS) is 17.2. The number of anilines is 1. The van der Waals surface area contributed by atoms with Gasteiger partial charge in [0.1, 0.15) is 12.3 Å². The summed E-state index contributed by atoms with van der Waals surface area (Å²) in [5, 5.41) is 3.23. The van der Waals surface area contributed by atoms with Crippen LogP contribution in [0.2, 0.25) is 0 Å². The van der Waals surface area contributed by atoms with Crippen LogP contribution in [0.1, 0.15) is 21.1 Å². The number of ether oxygens (including phenoxy) is 2. The minimum atomic E-state index is -0.676. The molecule has 2 aromatic heterocycles. The lowest BCUT2D eigenvalue weighted by atomic mass is 10.1. The number of para-hydroxylation sites is 2. The van der Waals surface area contributed by atoms with Gasteiger partial charge in [-0.15, -0.1) is 0 Å². The highest BCUT2D eigenvalue weighted by atomic mass is 32.1. The second kappa shape index (κ2) is 7.71. The number of benzene rings is 1. The monoisotopic (exact) mass is 423 g/mol. The molecule has 0 radical (unpaired) electrons. The summed E-state index contributed by atoms with van der Waals surface area (Å²) in [5.74, 6) is 0.738. The maximum absolute atomic E-state index is 13.0. The van der Waals surface area contributed by atoms with Gasteiger partial charge in [0.05, 0.1) is 18.4 Å². The molecule has 152 valence electrons. The number of aromatic nitrogens is 3. The summed E-state index contributed by atoms with van der Waals surface area (Å²) in [6, 6.07) is 7.31. The van der Waals surface area contributed by atoms with Gasteiger partial charge in [0.15, 0.2) is 16.6 Å². The van der Waals surface area contributed by atoms with E-state index in [1.165, 1.54) is 29.9 Å². The number of carbonyl (C=O) groups excluding carboxylic acids is 2. The van der Waals surface area contributed by atoms with Crippen molar-refractivity contribution in [2.24, 2.45) is 0 Å². The number of hydrogen-bond acceptors (Lipinski definition) is 8. The average Bonchev–Trinajstić information content (AvgIpc) is 3.20. The van der Waals surface area contributed by atoms with Crippen molar-refractivity contribution in [1.29, 1.82) is 0 Å². The molecule has 1 N–H and O–H groups in total. The van der Waals surface area contributed by atoms with Gasteiger partial charge in [0, 0.05) is 30.2 Å². The molecule has 0 spiro atoms. The zero-order chi connectivity index (χ0) is 20.5. The number of carbonyl (C=O) groups is 2. The molecule has 2 amide bonds. The molecule has 30 heavy (non-hydrogen) atoms. The van der Waals surface area contributed by atoms with Crippen molar-refractivity contribution in [3.8, 4) is 11.5 Å². The molecule has 2 aliphatic rings. The molecular weight excluding hydrogens is 406 g/mol. The van der Waals surface area contributed by atoms with E-state index in [4.69, 9.17) is 9.47 Å². The molecule has 0 fully saturated rings. The van der Waals surface area contributed by atoms with Crippen LogP contribution in [-0.2, 0) is 17.8 Å². The molecular formula is C20H17N5O4S. The Bertz CT molecular complexity index is 1100. The predicted molar refractivity (Wildman–Crippen MR) is 108 cm³/mol. The van der Waals surface area contributed by atoms with Crippen LogP contribution in [0.4, 0.5) is 5.13 Å². The number of nitrogens with one attached hydrogen (secondary N) is 1. The van der Waals surface area contributed by atoms with Gasteiger partial charge >= 0.3 is 0 Å². The lowest BCUT2D eigenvalue weighted by Crippen LogP contribution is -2.47. The van der Waals surface area contributed by atoms with Crippen molar-refractivity contribution in [3.63, 3.8) is 0 Å².